The van der Waals surface area contributed by atoms with Crippen LogP contribution in [0, 0.1) is 6.92 Å². The van der Waals surface area contributed by atoms with Crippen LogP contribution in [0.25, 0.3) is 11.3 Å². The first-order chi connectivity index (χ1) is 17.9. The van der Waals surface area contributed by atoms with Crippen molar-refractivity contribution in [3.8, 4) is 11.3 Å². The summed E-state index contributed by atoms with van der Waals surface area (Å²) in [5, 5.41) is 0. The Labute approximate surface area is 219 Å². The van der Waals surface area contributed by atoms with Crippen LogP contribution in [-0.4, -0.2) is 65.8 Å². The fourth-order valence-corrected chi connectivity index (χ4v) is 5.40. The van der Waals surface area contributed by atoms with Gasteiger partial charge in [0.1, 0.15) is 11.6 Å². The summed E-state index contributed by atoms with van der Waals surface area (Å²) < 4.78 is 5.13. The van der Waals surface area contributed by atoms with Gasteiger partial charge in [0.25, 0.3) is 0 Å². The summed E-state index contributed by atoms with van der Waals surface area (Å²) >= 11 is 0. The molecule has 3 aromatic rings. The van der Waals surface area contributed by atoms with Crippen molar-refractivity contribution in [1.29, 1.82) is 0 Å². The molecule has 0 N–H and O–H groups in total. The Morgan fingerprint density at radius 3 is 2.51 bits per heavy atom. The van der Waals surface area contributed by atoms with E-state index in [-0.39, 0.29) is 12.0 Å². The van der Waals surface area contributed by atoms with Gasteiger partial charge in [-0.25, -0.2) is 14.8 Å². The second-order valence-electron chi connectivity index (χ2n) is 10.0. The van der Waals surface area contributed by atoms with E-state index >= 15 is 0 Å². The van der Waals surface area contributed by atoms with Gasteiger partial charge in [0, 0.05) is 56.1 Å². The zero-order chi connectivity index (χ0) is 25.9. The molecule has 2 saturated heterocycles. The molecule has 2 unspecified atom stereocenters. The number of hydrogen-bond donors (Lipinski definition) is 0. The Morgan fingerprint density at radius 1 is 1.03 bits per heavy atom. The molecule has 0 radical (unpaired) electrons. The van der Waals surface area contributed by atoms with Gasteiger partial charge in [-0.05, 0) is 52.2 Å². The predicted octanol–water partition coefficient (Wildman–Crippen LogP) is 4.73. The first-order valence-electron chi connectivity index (χ1n) is 13.3. The van der Waals surface area contributed by atoms with Gasteiger partial charge in [-0.2, -0.15) is 4.98 Å². The summed E-state index contributed by atoms with van der Waals surface area (Å²) in [7, 11) is 0. The molecule has 8 heteroatoms. The van der Waals surface area contributed by atoms with Crippen LogP contribution in [0.1, 0.15) is 49.5 Å². The lowest BCUT2D eigenvalue weighted by Crippen LogP contribution is -2.53. The van der Waals surface area contributed by atoms with Gasteiger partial charge >= 0.3 is 5.97 Å². The van der Waals surface area contributed by atoms with Crippen molar-refractivity contribution in [2.75, 3.05) is 47.5 Å². The van der Waals surface area contributed by atoms with Crippen LogP contribution in [-0.2, 0) is 4.74 Å². The molecule has 0 saturated carbocycles. The minimum absolute atomic E-state index is 0.224. The minimum Gasteiger partial charge on any atom is -0.462 e. The van der Waals surface area contributed by atoms with Gasteiger partial charge < -0.3 is 19.4 Å². The number of anilines is 3. The normalized spacial score (nSPS) is 19.8. The molecule has 2 aliphatic heterocycles. The number of carbonyl (C=O) groups excluding carboxylic acids is 1. The molecule has 8 nitrogen and oxygen atoms in total. The molecule has 0 bridgehead atoms. The summed E-state index contributed by atoms with van der Waals surface area (Å²) in [5.74, 6) is 2.38. The standard InChI is InChI=1S/C29H36N6O2/c1-5-37-28(36)24-16-20(2)27(30-18-24)33-14-15-34(22(4)19-33)26-17-25(23-11-7-6-8-12-23)31-29(32-26)35-13-9-10-21(35)3/h6-8,11-12,16-18,21-22H,5,9-10,13-15,19H2,1-4H3. The van der Waals surface area contributed by atoms with Crippen molar-refractivity contribution in [2.24, 2.45) is 0 Å². The Hall–Kier alpha value is -3.68. The molecule has 0 aliphatic carbocycles. The highest BCUT2D eigenvalue weighted by Crippen LogP contribution is 2.31. The van der Waals surface area contributed by atoms with Crippen molar-refractivity contribution in [1.82, 2.24) is 15.0 Å². The first kappa shape index (κ1) is 25.0. The maximum absolute atomic E-state index is 12.1. The topological polar surface area (TPSA) is 74.7 Å². The molecule has 2 atom stereocenters. The number of aromatic nitrogens is 3. The molecular weight excluding hydrogens is 464 g/mol. The summed E-state index contributed by atoms with van der Waals surface area (Å²) in [6.45, 7) is 12.1. The SMILES string of the molecule is CCOC(=O)c1cnc(N2CCN(c3cc(-c4ccccc4)nc(N4CCCC4C)n3)C(C)C2)c(C)c1. The van der Waals surface area contributed by atoms with E-state index in [1.54, 1.807) is 6.20 Å². The second kappa shape index (κ2) is 10.7. The maximum atomic E-state index is 12.1. The average Bonchev–Trinajstić information content (AvgIpc) is 3.34. The van der Waals surface area contributed by atoms with Crippen LogP contribution in [0.3, 0.4) is 0 Å². The number of nitrogens with zero attached hydrogens (tertiary/aromatic N) is 6. The number of ether oxygens (including phenoxy) is 1. The van der Waals surface area contributed by atoms with E-state index < -0.39 is 0 Å². The van der Waals surface area contributed by atoms with E-state index in [0.29, 0.717) is 18.2 Å². The molecule has 0 spiro atoms. The van der Waals surface area contributed by atoms with E-state index in [9.17, 15) is 4.79 Å². The third kappa shape index (κ3) is 5.24. The van der Waals surface area contributed by atoms with Gasteiger partial charge in [0.15, 0.2) is 0 Å². The number of carbonyl (C=O) groups is 1. The fraction of sp³-hybridized carbons (Fsp3) is 0.448. The van der Waals surface area contributed by atoms with Crippen LogP contribution < -0.4 is 14.7 Å². The number of aryl methyl sites for hydroxylation is 1. The quantitative estimate of drug-likeness (QED) is 0.450. The zero-order valence-electron chi connectivity index (χ0n) is 22.2. The van der Waals surface area contributed by atoms with Crippen LogP contribution in [0.2, 0.25) is 0 Å². The molecule has 194 valence electrons. The molecule has 4 heterocycles. The van der Waals surface area contributed by atoms with Crippen LogP contribution in [0.4, 0.5) is 17.6 Å². The number of hydrogen-bond acceptors (Lipinski definition) is 8. The molecule has 37 heavy (non-hydrogen) atoms. The van der Waals surface area contributed by atoms with E-state index in [1.165, 1.54) is 12.8 Å². The molecule has 2 aromatic heterocycles. The number of rotatable bonds is 6. The summed E-state index contributed by atoms with van der Waals surface area (Å²) in [6.07, 6.45) is 3.97. The van der Waals surface area contributed by atoms with Gasteiger partial charge in [0.2, 0.25) is 5.95 Å². The van der Waals surface area contributed by atoms with Gasteiger partial charge in [-0.1, -0.05) is 30.3 Å². The largest absolute Gasteiger partial charge is 0.462 e. The van der Waals surface area contributed by atoms with Crippen molar-refractivity contribution >= 4 is 23.6 Å². The van der Waals surface area contributed by atoms with Gasteiger partial charge in [-0.3, -0.25) is 0 Å². The van der Waals surface area contributed by atoms with E-state index in [4.69, 9.17) is 14.7 Å². The van der Waals surface area contributed by atoms with Gasteiger partial charge in [-0.15, -0.1) is 0 Å². The van der Waals surface area contributed by atoms with Crippen LogP contribution in [0.15, 0.2) is 48.7 Å². The predicted molar refractivity (Wildman–Crippen MR) is 147 cm³/mol. The highest BCUT2D eigenvalue weighted by atomic mass is 16.5. The number of pyridine rings is 1. The zero-order valence-corrected chi connectivity index (χ0v) is 22.2. The van der Waals surface area contributed by atoms with E-state index in [2.05, 4.69) is 63.9 Å². The first-order valence-corrected chi connectivity index (χ1v) is 13.3. The fourth-order valence-electron chi connectivity index (χ4n) is 5.40. The van der Waals surface area contributed by atoms with Crippen LogP contribution >= 0.6 is 0 Å². The number of benzene rings is 1. The number of piperazine rings is 1. The van der Waals surface area contributed by atoms with E-state index in [1.807, 2.05) is 26.0 Å². The highest BCUT2D eigenvalue weighted by Gasteiger charge is 2.29. The van der Waals surface area contributed by atoms with Crippen molar-refractivity contribution in [3.63, 3.8) is 0 Å². The van der Waals surface area contributed by atoms with Crippen LogP contribution in [0.5, 0.6) is 0 Å². The summed E-state index contributed by atoms with van der Waals surface area (Å²) in [4.78, 5) is 33.9. The monoisotopic (exact) mass is 500 g/mol. The molecule has 1 aromatic carbocycles. The van der Waals surface area contributed by atoms with Crippen molar-refractivity contribution < 1.29 is 9.53 Å². The Bertz CT molecular complexity index is 1250. The number of esters is 1. The highest BCUT2D eigenvalue weighted by molar-refractivity contribution is 5.89. The third-order valence-corrected chi connectivity index (χ3v) is 7.36. The third-order valence-electron chi connectivity index (χ3n) is 7.36. The lowest BCUT2D eigenvalue weighted by Gasteiger charge is -2.41. The molecule has 5 rings (SSSR count). The Balaban J connectivity index is 1.40. The van der Waals surface area contributed by atoms with Gasteiger partial charge in [0.05, 0.1) is 17.9 Å². The lowest BCUT2D eigenvalue weighted by atomic mass is 10.1. The second-order valence-corrected chi connectivity index (χ2v) is 10.0. The Morgan fingerprint density at radius 2 is 1.84 bits per heavy atom. The molecule has 2 fully saturated rings. The summed E-state index contributed by atoms with van der Waals surface area (Å²) in [5.41, 5.74) is 3.53. The lowest BCUT2D eigenvalue weighted by molar-refractivity contribution is 0.0526. The van der Waals surface area contributed by atoms with E-state index in [0.717, 1.165) is 60.6 Å². The summed E-state index contributed by atoms with van der Waals surface area (Å²) in [6, 6.07) is 15.0. The molecule has 2 aliphatic rings. The van der Waals surface area contributed by atoms with Crippen molar-refractivity contribution in [2.45, 2.75) is 52.6 Å². The Kier molecular flexibility index (Phi) is 7.26. The van der Waals surface area contributed by atoms with Crippen molar-refractivity contribution in [3.05, 3.63) is 59.8 Å². The molecule has 0 amide bonds. The smallest absolute Gasteiger partial charge is 0.339 e. The minimum atomic E-state index is -0.330. The average molecular weight is 501 g/mol. The molecular formula is C29H36N6O2. The maximum Gasteiger partial charge on any atom is 0.339 e.